The highest BCUT2D eigenvalue weighted by Gasteiger charge is 2.14. The number of benzene rings is 1. The van der Waals surface area contributed by atoms with E-state index in [0.29, 0.717) is 5.75 Å². The molecule has 0 N–H and O–H groups in total. The van der Waals surface area contributed by atoms with Gasteiger partial charge in [0.2, 0.25) is 0 Å². The fourth-order valence-corrected chi connectivity index (χ4v) is 1.24. The van der Waals surface area contributed by atoms with Gasteiger partial charge in [-0.2, -0.15) is 0 Å². The summed E-state index contributed by atoms with van der Waals surface area (Å²) in [6, 6.07) is 3.90. The molecule has 0 saturated carbocycles. The summed E-state index contributed by atoms with van der Waals surface area (Å²) < 4.78 is 18.3. The molecule has 0 saturated heterocycles. The van der Waals surface area contributed by atoms with Gasteiger partial charge in [-0.05, 0) is 17.7 Å². The molecule has 0 radical (unpaired) electrons. The Kier molecular flexibility index (Phi) is 3.31. The third-order valence-corrected chi connectivity index (χ3v) is 1.88. The average Bonchev–Trinajstić information content (AvgIpc) is 2.17. The topological polar surface area (TPSA) is 58.0 Å². The number of ether oxygens (including phenoxy) is 1. The molecule has 0 heterocycles. The molecular formula is C9H10FN3O. The number of hydrogen-bond donors (Lipinski definition) is 0. The molecule has 0 aliphatic carbocycles. The quantitative estimate of drug-likeness (QED) is 0.415. The van der Waals surface area contributed by atoms with Crippen LogP contribution in [-0.4, -0.2) is 7.11 Å². The van der Waals surface area contributed by atoms with Crippen LogP contribution in [0.4, 0.5) is 4.39 Å². The number of azide groups is 1. The van der Waals surface area contributed by atoms with Crippen LogP contribution >= 0.6 is 0 Å². The number of hydrogen-bond acceptors (Lipinski definition) is 2. The lowest BCUT2D eigenvalue weighted by molar-refractivity contribution is 0.400. The molecular weight excluding hydrogens is 185 g/mol. The standard InChI is InChI=1S/C9H10FN3O/c1-6(12-13-11)9-7(10)4-3-5-8(9)14-2/h3-6H,1-2H3/t6-/m0/s1. The Balaban J connectivity index is 3.22. The molecule has 74 valence electrons. The van der Waals surface area contributed by atoms with Crippen molar-refractivity contribution in [2.24, 2.45) is 5.11 Å². The number of rotatable bonds is 3. The van der Waals surface area contributed by atoms with E-state index in [1.165, 1.54) is 13.2 Å². The molecule has 0 fully saturated rings. The highest BCUT2D eigenvalue weighted by Crippen LogP contribution is 2.29. The molecule has 4 nitrogen and oxygen atoms in total. The molecule has 1 rings (SSSR count). The second-order valence-corrected chi connectivity index (χ2v) is 2.74. The van der Waals surface area contributed by atoms with E-state index in [1.54, 1.807) is 19.1 Å². The van der Waals surface area contributed by atoms with Gasteiger partial charge in [0.15, 0.2) is 0 Å². The Morgan fingerprint density at radius 2 is 2.29 bits per heavy atom. The van der Waals surface area contributed by atoms with Crippen molar-refractivity contribution in [3.05, 3.63) is 40.0 Å². The molecule has 0 bridgehead atoms. The van der Waals surface area contributed by atoms with Crippen molar-refractivity contribution in [2.75, 3.05) is 7.11 Å². The van der Waals surface area contributed by atoms with Gasteiger partial charge in [0.05, 0.1) is 13.2 Å². The molecule has 1 atom stereocenters. The number of nitrogens with zero attached hydrogens (tertiary/aromatic N) is 3. The smallest absolute Gasteiger partial charge is 0.130 e. The lowest BCUT2D eigenvalue weighted by Crippen LogP contribution is -1.98. The number of methoxy groups -OCH3 is 1. The molecule has 0 amide bonds. The minimum Gasteiger partial charge on any atom is -0.496 e. The summed E-state index contributed by atoms with van der Waals surface area (Å²) in [5.74, 6) is -0.0332. The van der Waals surface area contributed by atoms with Crippen molar-refractivity contribution in [2.45, 2.75) is 13.0 Å². The van der Waals surface area contributed by atoms with Gasteiger partial charge in [0, 0.05) is 10.5 Å². The van der Waals surface area contributed by atoms with Crippen molar-refractivity contribution in [1.82, 2.24) is 0 Å². The van der Waals surface area contributed by atoms with E-state index in [0.717, 1.165) is 0 Å². The van der Waals surface area contributed by atoms with Crippen LogP contribution in [0.1, 0.15) is 18.5 Å². The van der Waals surface area contributed by atoms with Crippen LogP contribution < -0.4 is 4.74 Å². The van der Waals surface area contributed by atoms with Crippen LogP contribution in [0.25, 0.3) is 10.4 Å². The molecule has 0 aliphatic heterocycles. The van der Waals surface area contributed by atoms with Gasteiger partial charge in [-0.15, -0.1) is 0 Å². The summed E-state index contributed by atoms with van der Waals surface area (Å²) in [6.45, 7) is 1.61. The summed E-state index contributed by atoms with van der Waals surface area (Å²) in [6.07, 6.45) is 0. The Morgan fingerprint density at radius 3 is 2.86 bits per heavy atom. The van der Waals surface area contributed by atoms with E-state index >= 15 is 0 Å². The maximum Gasteiger partial charge on any atom is 0.130 e. The maximum absolute atomic E-state index is 13.3. The largest absolute Gasteiger partial charge is 0.496 e. The molecule has 0 unspecified atom stereocenters. The highest BCUT2D eigenvalue weighted by molar-refractivity contribution is 5.36. The first kappa shape index (κ1) is 10.3. The van der Waals surface area contributed by atoms with Crippen LogP contribution in [0.3, 0.4) is 0 Å². The first-order valence-corrected chi connectivity index (χ1v) is 4.07. The second kappa shape index (κ2) is 4.48. The van der Waals surface area contributed by atoms with Gasteiger partial charge in [-0.3, -0.25) is 0 Å². The van der Waals surface area contributed by atoms with E-state index in [1.807, 2.05) is 0 Å². The van der Waals surface area contributed by atoms with E-state index < -0.39 is 11.9 Å². The second-order valence-electron chi connectivity index (χ2n) is 2.74. The first-order valence-electron chi connectivity index (χ1n) is 4.07. The Labute approximate surface area is 80.9 Å². The predicted octanol–water partition coefficient (Wildman–Crippen LogP) is 3.21. The van der Waals surface area contributed by atoms with Crippen LogP contribution in [-0.2, 0) is 0 Å². The van der Waals surface area contributed by atoms with Gasteiger partial charge < -0.3 is 4.74 Å². The fraction of sp³-hybridized carbons (Fsp3) is 0.333. The predicted molar refractivity (Wildman–Crippen MR) is 50.5 cm³/mol. The Hall–Kier alpha value is -1.74. The molecule has 0 aromatic heterocycles. The third-order valence-electron chi connectivity index (χ3n) is 1.88. The summed E-state index contributed by atoms with van der Waals surface area (Å²) in [4.78, 5) is 2.63. The van der Waals surface area contributed by atoms with Gasteiger partial charge in [-0.1, -0.05) is 18.1 Å². The lowest BCUT2D eigenvalue weighted by atomic mass is 10.1. The zero-order chi connectivity index (χ0) is 10.6. The van der Waals surface area contributed by atoms with Gasteiger partial charge >= 0.3 is 0 Å². The maximum atomic E-state index is 13.3. The summed E-state index contributed by atoms with van der Waals surface area (Å²) in [5, 5.41) is 3.42. The molecule has 1 aromatic rings. The van der Waals surface area contributed by atoms with Crippen molar-refractivity contribution < 1.29 is 9.13 Å². The van der Waals surface area contributed by atoms with Crippen LogP contribution in [0, 0.1) is 5.82 Å². The van der Waals surface area contributed by atoms with Crippen LogP contribution in [0.15, 0.2) is 23.3 Å². The van der Waals surface area contributed by atoms with Crippen molar-refractivity contribution in [3.63, 3.8) is 0 Å². The average molecular weight is 195 g/mol. The van der Waals surface area contributed by atoms with Crippen molar-refractivity contribution >= 4 is 0 Å². The summed E-state index contributed by atoms with van der Waals surface area (Å²) >= 11 is 0. The number of halogens is 1. The van der Waals surface area contributed by atoms with Crippen LogP contribution in [0.5, 0.6) is 5.75 Å². The van der Waals surface area contributed by atoms with Crippen LogP contribution in [0.2, 0.25) is 0 Å². The first-order chi connectivity index (χ1) is 6.70. The zero-order valence-electron chi connectivity index (χ0n) is 7.94. The van der Waals surface area contributed by atoms with E-state index in [2.05, 4.69) is 10.0 Å². The van der Waals surface area contributed by atoms with Gasteiger partial charge in [0.25, 0.3) is 0 Å². The zero-order valence-corrected chi connectivity index (χ0v) is 7.94. The van der Waals surface area contributed by atoms with E-state index in [4.69, 9.17) is 10.3 Å². The van der Waals surface area contributed by atoms with E-state index in [9.17, 15) is 4.39 Å². The summed E-state index contributed by atoms with van der Waals surface area (Å²) in [7, 11) is 1.45. The molecule has 5 heteroatoms. The normalized spacial score (nSPS) is 11.6. The lowest BCUT2D eigenvalue weighted by Gasteiger charge is -2.11. The third kappa shape index (κ3) is 1.95. The minimum absolute atomic E-state index is 0.285. The SMILES string of the molecule is COc1cccc(F)c1[C@H](C)N=[N+]=[N-]. The monoisotopic (exact) mass is 195 g/mol. The Morgan fingerprint density at radius 1 is 1.57 bits per heavy atom. The molecule has 1 aromatic carbocycles. The van der Waals surface area contributed by atoms with Crippen molar-refractivity contribution in [1.29, 1.82) is 0 Å². The molecule has 0 aliphatic rings. The molecule has 0 spiro atoms. The van der Waals surface area contributed by atoms with Crippen molar-refractivity contribution in [3.8, 4) is 5.75 Å². The van der Waals surface area contributed by atoms with Gasteiger partial charge in [0.1, 0.15) is 11.6 Å². The van der Waals surface area contributed by atoms with Gasteiger partial charge in [-0.25, -0.2) is 4.39 Å². The van der Waals surface area contributed by atoms with E-state index in [-0.39, 0.29) is 5.56 Å². The molecule has 14 heavy (non-hydrogen) atoms. The fourth-order valence-electron chi connectivity index (χ4n) is 1.24. The Bertz CT molecular complexity index is 374. The summed E-state index contributed by atoms with van der Waals surface area (Å²) in [5.41, 5.74) is 8.53. The minimum atomic E-state index is -0.573. The highest BCUT2D eigenvalue weighted by atomic mass is 19.1.